The van der Waals surface area contributed by atoms with Gasteiger partial charge < -0.3 is 10.6 Å². The second-order valence-corrected chi connectivity index (χ2v) is 6.64. The Hall–Kier alpha value is -3.35. The molecule has 4 N–H and O–H groups in total. The Morgan fingerprint density at radius 1 is 0.929 bits per heavy atom. The van der Waals surface area contributed by atoms with E-state index in [0.29, 0.717) is 0 Å². The van der Waals surface area contributed by atoms with Gasteiger partial charge in [-0.1, -0.05) is 48.0 Å². The maximum atomic E-state index is 12.2. The van der Waals surface area contributed by atoms with Crippen LogP contribution in [0.2, 0.25) is 0 Å². The molecular formula is C21H26N4O3. The molecule has 0 aliphatic rings. The minimum atomic E-state index is -0.469. The zero-order valence-electron chi connectivity index (χ0n) is 16.3. The van der Waals surface area contributed by atoms with Crippen LogP contribution in [-0.4, -0.2) is 24.3 Å². The van der Waals surface area contributed by atoms with Crippen LogP contribution in [0.3, 0.4) is 0 Å². The molecule has 0 spiro atoms. The minimum absolute atomic E-state index is 0.00831. The van der Waals surface area contributed by atoms with E-state index in [4.69, 9.17) is 0 Å². The van der Waals surface area contributed by atoms with Gasteiger partial charge in [-0.05, 0) is 31.0 Å². The van der Waals surface area contributed by atoms with Crippen molar-refractivity contribution in [3.8, 4) is 0 Å². The highest BCUT2D eigenvalue weighted by molar-refractivity contribution is 5.85. The summed E-state index contributed by atoms with van der Waals surface area (Å²) in [6.07, 6.45) is 0.00831. The zero-order chi connectivity index (χ0) is 20.5. The molecule has 2 rings (SSSR count). The third-order valence-electron chi connectivity index (χ3n) is 4.13. The molecule has 0 saturated carbocycles. The third-order valence-corrected chi connectivity index (χ3v) is 4.13. The lowest BCUT2D eigenvalue weighted by molar-refractivity contribution is -0.128. The van der Waals surface area contributed by atoms with E-state index in [0.717, 1.165) is 22.4 Å². The summed E-state index contributed by atoms with van der Waals surface area (Å²) in [5.74, 6) is -1.00. The summed E-state index contributed by atoms with van der Waals surface area (Å²) in [5.41, 5.74) is 8.63. The second kappa shape index (κ2) is 10.1. The molecule has 148 valence electrons. The fourth-order valence-electron chi connectivity index (χ4n) is 2.79. The normalized spacial score (nSPS) is 11.2. The molecule has 0 radical (unpaired) electrons. The maximum absolute atomic E-state index is 12.2. The first-order chi connectivity index (χ1) is 13.3. The maximum Gasteiger partial charge on any atom is 0.257 e. The van der Waals surface area contributed by atoms with E-state index in [1.54, 1.807) is 0 Å². The van der Waals surface area contributed by atoms with Crippen LogP contribution >= 0.6 is 0 Å². The van der Waals surface area contributed by atoms with E-state index in [-0.39, 0.29) is 24.8 Å². The van der Waals surface area contributed by atoms with Gasteiger partial charge in [-0.25, -0.2) is 0 Å². The number of aryl methyl sites for hydroxylation is 2. The summed E-state index contributed by atoms with van der Waals surface area (Å²) in [6, 6.07) is 14.6. The lowest BCUT2D eigenvalue weighted by atomic mass is 10.0. The van der Waals surface area contributed by atoms with Gasteiger partial charge in [-0.2, -0.15) is 0 Å². The van der Waals surface area contributed by atoms with Gasteiger partial charge in [0.25, 0.3) is 5.91 Å². The lowest BCUT2D eigenvalue weighted by Crippen LogP contribution is -2.45. The molecule has 0 heterocycles. The Morgan fingerprint density at radius 2 is 1.61 bits per heavy atom. The number of carbonyl (C=O) groups is 3. The van der Waals surface area contributed by atoms with Crippen LogP contribution in [-0.2, 0) is 14.4 Å². The topological polar surface area (TPSA) is 99.3 Å². The van der Waals surface area contributed by atoms with E-state index in [9.17, 15) is 14.4 Å². The van der Waals surface area contributed by atoms with Gasteiger partial charge >= 0.3 is 0 Å². The fraction of sp³-hybridized carbons (Fsp3) is 0.286. The van der Waals surface area contributed by atoms with Crippen molar-refractivity contribution in [2.24, 2.45) is 0 Å². The van der Waals surface area contributed by atoms with Gasteiger partial charge in [0.1, 0.15) is 0 Å². The molecule has 0 bridgehead atoms. The highest BCUT2D eigenvalue weighted by Crippen LogP contribution is 2.16. The summed E-state index contributed by atoms with van der Waals surface area (Å²) in [7, 11) is 0. The Balaban J connectivity index is 1.82. The van der Waals surface area contributed by atoms with Gasteiger partial charge in [0, 0.05) is 12.6 Å². The Kier molecular flexibility index (Phi) is 7.56. The van der Waals surface area contributed by atoms with Crippen LogP contribution in [0.15, 0.2) is 48.5 Å². The van der Waals surface area contributed by atoms with Gasteiger partial charge in [0.05, 0.1) is 19.0 Å². The standard InChI is InChI=1S/C21H26N4O3/c1-14-9-10-18(15(2)11-14)22-13-21(28)25-24-20(27)12-19(23-16(3)26)17-7-5-4-6-8-17/h4-11,19,22H,12-13H2,1-3H3,(H,23,26)(H,24,27)(H,25,28)/t19-/m1/s1. The Morgan fingerprint density at radius 3 is 2.25 bits per heavy atom. The molecule has 0 aliphatic heterocycles. The van der Waals surface area contributed by atoms with E-state index >= 15 is 0 Å². The Bertz CT molecular complexity index is 837. The van der Waals surface area contributed by atoms with Crippen molar-refractivity contribution >= 4 is 23.4 Å². The average molecular weight is 382 g/mol. The van der Waals surface area contributed by atoms with Crippen LogP contribution in [0.1, 0.15) is 36.1 Å². The van der Waals surface area contributed by atoms with Crippen molar-refractivity contribution in [3.63, 3.8) is 0 Å². The molecule has 2 aromatic rings. The second-order valence-electron chi connectivity index (χ2n) is 6.64. The summed E-state index contributed by atoms with van der Waals surface area (Å²) in [5, 5.41) is 5.78. The number of amides is 3. The van der Waals surface area contributed by atoms with Crippen molar-refractivity contribution in [1.82, 2.24) is 16.2 Å². The number of hydrogen-bond acceptors (Lipinski definition) is 4. The molecule has 7 heteroatoms. The Labute approximate surface area is 164 Å². The molecule has 3 amide bonds. The van der Waals surface area contributed by atoms with Crippen molar-refractivity contribution in [2.45, 2.75) is 33.2 Å². The quantitative estimate of drug-likeness (QED) is 0.551. The van der Waals surface area contributed by atoms with Gasteiger partial charge in [-0.3, -0.25) is 25.2 Å². The van der Waals surface area contributed by atoms with Gasteiger partial charge in [0.15, 0.2) is 0 Å². The fourth-order valence-corrected chi connectivity index (χ4v) is 2.79. The molecule has 1 atom stereocenters. The first-order valence-electron chi connectivity index (χ1n) is 9.06. The molecule has 0 aromatic heterocycles. The molecule has 0 saturated heterocycles. The number of benzene rings is 2. The first kappa shape index (κ1) is 21.0. The minimum Gasteiger partial charge on any atom is -0.376 e. The number of carbonyl (C=O) groups excluding carboxylic acids is 3. The van der Waals surface area contributed by atoms with Gasteiger partial charge in [-0.15, -0.1) is 0 Å². The van der Waals surface area contributed by atoms with Crippen molar-refractivity contribution in [3.05, 3.63) is 65.2 Å². The molecule has 0 aliphatic carbocycles. The van der Waals surface area contributed by atoms with E-state index in [1.165, 1.54) is 6.92 Å². The van der Waals surface area contributed by atoms with E-state index in [2.05, 4.69) is 21.5 Å². The smallest absolute Gasteiger partial charge is 0.257 e. The first-order valence-corrected chi connectivity index (χ1v) is 9.06. The number of anilines is 1. The molecule has 28 heavy (non-hydrogen) atoms. The van der Waals surface area contributed by atoms with E-state index < -0.39 is 11.9 Å². The van der Waals surface area contributed by atoms with Crippen LogP contribution < -0.4 is 21.5 Å². The van der Waals surface area contributed by atoms with Crippen LogP contribution in [0, 0.1) is 13.8 Å². The summed E-state index contributed by atoms with van der Waals surface area (Å²) in [6.45, 7) is 5.38. The summed E-state index contributed by atoms with van der Waals surface area (Å²) in [4.78, 5) is 35.6. The number of rotatable bonds is 7. The number of hydrogen-bond donors (Lipinski definition) is 4. The predicted molar refractivity (Wildman–Crippen MR) is 108 cm³/mol. The average Bonchev–Trinajstić information content (AvgIpc) is 2.65. The third kappa shape index (κ3) is 6.75. The highest BCUT2D eigenvalue weighted by atomic mass is 16.2. The van der Waals surface area contributed by atoms with Crippen molar-refractivity contribution < 1.29 is 14.4 Å². The summed E-state index contributed by atoms with van der Waals surface area (Å²) < 4.78 is 0. The summed E-state index contributed by atoms with van der Waals surface area (Å²) >= 11 is 0. The molecule has 0 fully saturated rings. The van der Waals surface area contributed by atoms with Crippen molar-refractivity contribution in [1.29, 1.82) is 0 Å². The highest BCUT2D eigenvalue weighted by Gasteiger charge is 2.17. The SMILES string of the molecule is CC(=O)N[C@H](CC(=O)NNC(=O)CNc1ccc(C)cc1C)c1ccccc1. The lowest BCUT2D eigenvalue weighted by Gasteiger charge is -2.18. The number of hydrazine groups is 1. The molecular weight excluding hydrogens is 356 g/mol. The van der Waals surface area contributed by atoms with Crippen LogP contribution in [0.5, 0.6) is 0 Å². The molecule has 2 aromatic carbocycles. The van der Waals surface area contributed by atoms with Crippen molar-refractivity contribution in [2.75, 3.05) is 11.9 Å². The van der Waals surface area contributed by atoms with E-state index in [1.807, 2.05) is 62.4 Å². The molecule has 0 unspecified atom stereocenters. The monoisotopic (exact) mass is 382 g/mol. The van der Waals surface area contributed by atoms with Gasteiger partial charge in [0.2, 0.25) is 11.8 Å². The zero-order valence-corrected chi connectivity index (χ0v) is 16.3. The molecule has 7 nitrogen and oxygen atoms in total. The number of nitrogens with one attached hydrogen (secondary N) is 4. The largest absolute Gasteiger partial charge is 0.376 e. The predicted octanol–water partition coefficient (Wildman–Crippen LogP) is 2.13. The van der Waals surface area contributed by atoms with Crippen LogP contribution in [0.25, 0.3) is 0 Å². The van der Waals surface area contributed by atoms with Crippen LogP contribution in [0.4, 0.5) is 5.69 Å².